The largest absolute Gasteiger partial charge is 0.497 e. The van der Waals surface area contributed by atoms with Gasteiger partial charge in [-0.3, -0.25) is 4.79 Å². The van der Waals surface area contributed by atoms with Gasteiger partial charge in [-0.1, -0.05) is 0 Å². The molecule has 1 aliphatic rings. The number of rotatable bonds is 11. The first kappa shape index (κ1) is 25.2. The molecule has 0 saturated heterocycles. The summed E-state index contributed by atoms with van der Waals surface area (Å²) in [5.74, 6) is -0.172. The van der Waals surface area contributed by atoms with E-state index in [9.17, 15) is 14.0 Å². The molecule has 3 aromatic rings. The molecule has 11 heteroatoms. The highest BCUT2D eigenvalue weighted by Crippen LogP contribution is 2.33. The Morgan fingerprint density at radius 1 is 1.08 bits per heavy atom. The number of esters is 1. The maximum absolute atomic E-state index is 14.4. The smallest absolute Gasteiger partial charge is 0.346 e. The predicted molar refractivity (Wildman–Crippen MR) is 132 cm³/mol. The van der Waals surface area contributed by atoms with Crippen LogP contribution in [0.3, 0.4) is 0 Å². The number of amides is 1. The first-order valence-electron chi connectivity index (χ1n) is 11.2. The molecule has 190 valence electrons. The van der Waals surface area contributed by atoms with Crippen LogP contribution in [0.5, 0.6) is 17.4 Å². The van der Waals surface area contributed by atoms with E-state index in [2.05, 4.69) is 15.0 Å². The molecule has 0 unspecified atom stereocenters. The van der Waals surface area contributed by atoms with Gasteiger partial charge in [0.05, 0.1) is 21.3 Å². The zero-order chi connectivity index (χ0) is 25.7. The van der Waals surface area contributed by atoms with Gasteiger partial charge >= 0.3 is 5.97 Å². The van der Waals surface area contributed by atoms with Crippen LogP contribution in [0.15, 0.2) is 36.4 Å². The van der Waals surface area contributed by atoms with Crippen molar-refractivity contribution in [1.82, 2.24) is 9.69 Å². The number of aromatic nitrogens is 1. The van der Waals surface area contributed by atoms with Crippen LogP contribution in [-0.2, 0) is 17.9 Å². The normalized spacial score (nSPS) is 12.6. The molecule has 0 radical (unpaired) electrons. The minimum absolute atomic E-state index is 0.00304. The van der Waals surface area contributed by atoms with Crippen LogP contribution in [0.25, 0.3) is 0 Å². The Kier molecular flexibility index (Phi) is 7.89. The van der Waals surface area contributed by atoms with Gasteiger partial charge in [0, 0.05) is 35.3 Å². The molecule has 1 saturated carbocycles. The van der Waals surface area contributed by atoms with Gasteiger partial charge in [-0.25, -0.2) is 9.18 Å². The number of carbonyl (C=O) groups excluding carboxylic acids is 2. The summed E-state index contributed by atoms with van der Waals surface area (Å²) in [6, 6.07) is 9.67. The minimum Gasteiger partial charge on any atom is -0.497 e. The molecular weight excluding hydrogens is 489 g/mol. The molecule has 9 nitrogen and oxygen atoms in total. The van der Waals surface area contributed by atoms with Gasteiger partial charge in [0.15, 0.2) is 5.56 Å². The second-order valence-corrected chi connectivity index (χ2v) is 8.83. The molecule has 1 heterocycles. The number of nitrogens with one attached hydrogen (secondary N) is 2. The predicted octanol–water partition coefficient (Wildman–Crippen LogP) is 4.17. The highest BCUT2D eigenvalue weighted by atomic mass is 32.1. The van der Waals surface area contributed by atoms with Crippen LogP contribution in [0, 0.1) is 5.82 Å². The van der Waals surface area contributed by atoms with Gasteiger partial charge in [-0.05, 0) is 54.7 Å². The van der Waals surface area contributed by atoms with E-state index in [4.69, 9.17) is 18.9 Å². The van der Waals surface area contributed by atoms with Crippen LogP contribution in [0.1, 0.15) is 44.7 Å². The number of carbonyl (C=O) groups is 2. The molecule has 0 aliphatic heterocycles. The Morgan fingerprint density at radius 2 is 1.89 bits per heavy atom. The average molecular weight is 516 g/mol. The lowest BCUT2D eigenvalue weighted by Gasteiger charge is -2.12. The third-order valence-electron chi connectivity index (χ3n) is 5.57. The number of benzene rings is 2. The lowest BCUT2D eigenvalue weighted by atomic mass is 10.1. The Morgan fingerprint density at radius 3 is 2.58 bits per heavy atom. The maximum Gasteiger partial charge on any atom is 0.346 e. The number of hydrogen-bond donors (Lipinski definition) is 2. The molecule has 1 aromatic heterocycles. The van der Waals surface area contributed by atoms with Gasteiger partial charge < -0.3 is 29.6 Å². The number of ether oxygens (including phenoxy) is 4. The second-order valence-electron chi connectivity index (χ2n) is 8.06. The van der Waals surface area contributed by atoms with Crippen LogP contribution >= 0.6 is 11.5 Å². The van der Waals surface area contributed by atoms with Crippen LogP contribution in [0.2, 0.25) is 0 Å². The molecule has 1 amide bonds. The van der Waals surface area contributed by atoms with E-state index < -0.39 is 11.8 Å². The monoisotopic (exact) mass is 515 g/mol. The summed E-state index contributed by atoms with van der Waals surface area (Å²) >= 11 is 1.01. The van der Waals surface area contributed by atoms with E-state index in [-0.39, 0.29) is 35.6 Å². The van der Waals surface area contributed by atoms with E-state index in [1.165, 1.54) is 25.3 Å². The van der Waals surface area contributed by atoms with Crippen molar-refractivity contribution in [1.29, 1.82) is 0 Å². The molecule has 0 spiro atoms. The standard InChI is InChI=1S/C25H26FN3O6S/c1-32-18-8-4-15(20(11-18)33-2)12-27-24-21(25(31)34-3)23(29-36-24)35-13-16-10-14(5-9-19(16)26)22(30)28-17-6-7-17/h4-5,8-11,17,27H,6-7,12-13H2,1-3H3,(H,28,30). The Bertz CT molecular complexity index is 1260. The second kappa shape index (κ2) is 11.3. The fraction of sp³-hybridized carbons (Fsp3) is 0.320. The number of methoxy groups -OCH3 is 3. The minimum atomic E-state index is -0.652. The fourth-order valence-corrected chi connectivity index (χ4v) is 4.14. The third kappa shape index (κ3) is 5.85. The highest BCUT2D eigenvalue weighted by Gasteiger charge is 2.25. The maximum atomic E-state index is 14.4. The van der Waals surface area contributed by atoms with Crippen molar-refractivity contribution in [3.63, 3.8) is 0 Å². The van der Waals surface area contributed by atoms with Gasteiger partial charge in [0.2, 0.25) is 5.88 Å². The number of halogens is 1. The summed E-state index contributed by atoms with van der Waals surface area (Å²) in [6.45, 7) is 0.0986. The van der Waals surface area contributed by atoms with Crippen LogP contribution in [0.4, 0.5) is 9.39 Å². The number of hydrogen-bond acceptors (Lipinski definition) is 9. The first-order chi connectivity index (χ1) is 17.4. The van der Waals surface area contributed by atoms with Gasteiger partial charge in [0.25, 0.3) is 5.91 Å². The number of anilines is 1. The lowest BCUT2D eigenvalue weighted by molar-refractivity contribution is 0.0596. The fourth-order valence-electron chi connectivity index (χ4n) is 3.42. The summed E-state index contributed by atoms with van der Waals surface area (Å²) in [5.41, 5.74) is 1.43. The van der Waals surface area contributed by atoms with E-state index >= 15 is 0 Å². The topological polar surface area (TPSA) is 108 Å². The molecule has 4 rings (SSSR count). The summed E-state index contributed by atoms with van der Waals surface area (Å²) in [5, 5.41) is 6.46. The average Bonchev–Trinajstić information content (AvgIpc) is 3.62. The summed E-state index contributed by atoms with van der Waals surface area (Å²) in [4.78, 5) is 24.8. The molecule has 36 heavy (non-hydrogen) atoms. The van der Waals surface area contributed by atoms with Crippen molar-refractivity contribution in [2.75, 3.05) is 26.6 Å². The van der Waals surface area contributed by atoms with Crippen molar-refractivity contribution in [2.24, 2.45) is 0 Å². The van der Waals surface area contributed by atoms with E-state index in [0.29, 0.717) is 28.6 Å². The molecule has 1 aliphatic carbocycles. The van der Waals surface area contributed by atoms with Crippen molar-refractivity contribution in [3.8, 4) is 17.4 Å². The zero-order valence-corrected chi connectivity index (χ0v) is 20.9. The molecule has 0 atom stereocenters. The SMILES string of the molecule is COC(=O)c1c(OCc2cc(C(=O)NC3CC3)ccc2F)nsc1NCc1ccc(OC)cc1OC. The van der Waals surface area contributed by atoms with Gasteiger partial charge in [-0.2, -0.15) is 4.37 Å². The summed E-state index contributed by atoms with van der Waals surface area (Å²) < 4.78 is 39.9. The number of nitrogens with zero attached hydrogens (tertiary/aromatic N) is 1. The molecule has 2 aromatic carbocycles. The van der Waals surface area contributed by atoms with E-state index in [0.717, 1.165) is 29.9 Å². The first-order valence-corrected chi connectivity index (χ1v) is 12.0. The van der Waals surface area contributed by atoms with Crippen molar-refractivity contribution >= 4 is 28.4 Å². The third-order valence-corrected chi connectivity index (χ3v) is 6.36. The van der Waals surface area contributed by atoms with Gasteiger partial charge in [-0.15, -0.1) is 0 Å². The quantitative estimate of drug-likeness (QED) is 0.367. The van der Waals surface area contributed by atoms with E-state index in [1.54, 1.807) is 26.4 Å². The Hall–Kier alpha value is -3.86. The lowest BCUT2D eigenvalue weighted by Crippen LogP contribution is -2.25. The molecular formula is C25H26FN3O6S. The summed E-state index contributed by atoms with van der Waals surface area (Å²) in [6.07, 6.45) is 1.90. The van der Waals surface area contributed by atoms with E-state index in [1.807, 2.05) is 6.07 Å². The molecule has 2 N–H and O–H groups in total. The molecule has 0 bridgehead atoms. The van der Waals surface area contributed by atoms with Crippen LogP contribution in [-0.4, -0.2) is 43.6 Å². The van der Waals surface area contributed by atoms with Gasteiger partial charge in [0.1, 0.15) is 28.9 Å². The van der Waals surface area contributed by atoms with Crippen molar-refractivity contribution in [3.05, 3.63) is 64.5 Å². The molecule has 1 fully saturated rings. The Balaban J connectivity index is 1.49. The zero-order valence-electron chi connectivity index (χ0n) is 20.1. The highest BCUT2D eigenvalue weighted by molar-refractivity contribution is 7.10. The Labute approximate surface area is 211 Å². The summed E-state index contributed by atoms with van der Waals surface area (Å²) in [7, 11) is 4.38. The van der Waals surface area contributed by atoms with Crippen molar-refractivity contribution in [2.45, 2.75) is 32.0 Å². The van der Waals surface area contributed by atoms with Crippen LogP contribution < -0.4 is 24.8 Å². The van der Waals surface area contributed by atoms with Crippen molar-refractivity contribution < 1.29 is 32.9 Å².